The van der Waals surface area contributed by atoms with E-state index in [1.807, 2.05) is 71.5 Å². The molecule has 0 radical (unpaired) electrons. The predicted molar refractivity (Wildman–Crippen MR) is 127 cm³/mol. The number of aromatic nitrogens is 2. The lowest BCUT2D eigenvalue weighted by Crippen LogP contribution is -2.18. The minimum Gasteiger partial charge on any atom is -0.493 e. The molecule has 0 aliphatic rings. The van der Waals surface area contributed by atoms with E-state index in [1.54, 1.807) is 7.11 Å². The minimum absolute atomic E-state index is 0.160. The van der Waals surface area contributed by atoms with Gasteiger partial charge in [0.15, 0.2) is 11.5 Å². The van der Waals surface area contributed by atoms with Crippen molar-refractivity contribution in [1.82, 2.24) is 15.1 Å². The van der Waals surface area contributed by atoms with Gasteiger partial charge in [-0.2, -0.15) is 5.10 Å². The highest BCUT2D eigenvalue weighted by molar-refractivity contribution is 5.43. The first-order valence-corrected chi connectivity index (χ1v) is 10.8. The van der Waals surface area contributed by atoms with Gasteiger partial charge in [0.25, 0.3) is 0 Å². The molecular formula is C27H29N3O2. The fourth-order valence-corrected chi connectivity index (χ4v) is 3.73. The molecule has 0 saturated carbocycles. The van der Waals surface area contributed by atoms with Crippen molar-refractivity contribution in [3.63, 3.8) is 0 Å². The summed E-state index contributed by atoms with van der Waals surface area (Å²) in [6, 6.07) is 26.6. The van der Waals surface area contributed by atoms with Gasteiger partial charge in [0.1, 0.15) is 6.61 Å². The van der Waals surface area contributed by atoms with Gasteiger partial charge in [-0.15, -0.1) is 0 Å². The molecule has 4 rings (SSSR count). The topological polar surface area (TPSA) is 48.3 Å². The first-order chi connectivity index (χ1) is 15.7. The quantitative estimate of drug-likeness (QED) is 0.377. The second-order valence-corrected chi connectivity index (χ2v) is 7.79. The van der Waals surface area contributed by atoms with Crippen LogP contribution in [0.25, 0.3) is 5.69 Å². The number of hydrogen-bond acceptors (Lipinski definition) is 4. The maximum atomic E-state index is 5.97. The van der Waals surface area contributed by atoms with Gasteiger partial charge in [0.2, 0.25) is 0 Å². The van der Waals surface area contributed by atoms with Crippen molar-refractivity contribution in [2.75, 3.05) is 7.11 Å². The van der Waals surface area contributed by atoms with E-state index in [4.69, 9.17) is 9.47 Å². The van der Waals surface area contributed by atoms with Crippen LogP contribution in [-0.4, -0.2) is 16.9 Å². The van der Waals surface area contributed by atoms with Gasteiger partial charge in [-0.05, 0) is 49.2 Å². The van der Waals surface area contributed by atoms with Gasteiger partial charge in [0.05, 0.1) is 19.0 Å². The first-order valence-electron chi connectivity index (χ1n) is 10.8. The van der Waals surface area contributed by atoms with E-state index in [0.29, 0.717) is 13.2 Å². The number of methoxy groups -OCH3 is 1. The maximum Gasteiger partial charge on any atom is 0.161 e. The molecule has 32 heavy (non-hydrogen) atoms. The summed E-state index contributed by atoms with van der Waals surface area (Å²) in [5.41, 5.74) is 5.65. The molecule has 0 spiro atoms. The van der Waals surface area contributed by atoms with E-state index in [0.717, 1.165) is 34.0 Å². The van der Waals surface area contributed by atoms with Gasteiger partial charge < -0.3 is 14.8 Å². The van der Waals surface area contributed by atoms with Crippen LogP contribution in [0.4, 0.5) is 0 Å². The lowest BCUT2D eigenvalue weighted by molar-refractivity contribution is 0.284. The van der Waals surface area contributed by atoms with Crippen molar-refractivity contribution in [3.05, 3.63) is 107 Å². The number of hydrogen-bond donors (Lipinski definition) is 1. The van der Waals surface area contributed by atoms with Crippen molar-refractivity contribution in [3.8, 4) is 17.2 Å². The van der Waals surface area contributed by atoms with Gasteiger partial charge in [-0.25, -0.2) is 4.68 Å². The van der Waals surface area contributed by atoms with E-state index in [2.05, 4.69) is 42.5 Å². The molecule has 1 N–H and O–H groups in total. The fraction of sp³-hybridized carbons (Fsp3) is 0.222. The van der Waals surface area contributed by atoms with Crippen molar-refractivity contribution in [2.45, 2.75) is 33.0 Å². The van der Waals surface area contributed by atoms with Gasteiger partial charge >= 0.3 is 0 Å². The van der Waals surface area contributed by atoms with E-state index in [-0.39, 0.29) is 6.04 Å². The number of rotatable bonds is 9. The second kappa shape index (κ2) is 10.2. The van der Waals surface area contributed by atoms with Gasteiger partial charge in [-0.1, -0.05) is 54.6 Å². The average molecular weight is 428 g/mol. The summed E-state index contributed by atoms with van der Waals surface area (Å²) in [5, 5.41) is 8.19. The first kappa shape index (κ1) is 21.7. The smallest absolute Gasteiger partial charge is 0.161 e. The lowest BCUT2D eigenvalue weighted by Gasteiger charge is -2.16. The third kappa shape index (κ3) is 5.01. The highest BCUT2D eigenvalue weighted by Gasteiger charge is 2.14. The zero-order valence-electron chi connectivity index (χ0n) is 18.8. The van der Waals surface area contributed by atoms with E-state index >= 15 is 0 Å². The molecule has 5 heteroatoms. The van der Waals surface area contributed by atoms with E-state index in [9.17, 15) is 0 Å². The van der Waals surface area contributed by atoms with Crippen molar-refractivity contribution < 1.29 is 9.47 Å². The van der Waals surface area contributed by atoms with Crippen LogP contribution in [0.1, 0.15) is 35.3 Å². The third-order valence-corrected chi connectivity index (χ3v) is 5.59. The second-order valence-electron chi connectivity index (χ2n) is 7.79. The standard InChI is InChI=1S/C27H29N3O2/c1-20(25-18-29-30(21(25)2)24-12-8-5-9-13-24)28-17-23-14-15-26(27(16-23)31-3)32-19-22-10-6-4-7-11-22/h4-16,18,20,28H,17,19H2,1-3H3/t20-/m1/s1. The number of nitrogens with zero attached hydrogens (tertiary/aromatic N) is 2. The van der Waals surface area contributed by atoms with Crippen LogP contribution in [0, 0.1) is 6.92 Å². The summed E-state index contributed by atoms with van der Waals surface area (Å²) in [6.45, 7) is 5.49. The molecule has 3 aromatic carbocycles. The van der Waals surface area contributed by atoms with Crippen LogP contribution >= 0.6 is 0 Å². The Bertz CT molecular complexity index is 1140. The van der Waals surface area contributed by atoms with E-state index < -0.39 is 0 Å². The molecule has 1 heterocycles. The van der Waals surface area contributed by atoms with Crippen LogP contribution in [0.5, 0.6) is 11.5 Å². The minimum atomic E-state index is 0.160. The summed E-state index contributed by atoms with van der Waals surface area (Å²) in [4.78, 5) is 0. The zero-order chi connectivity index (χ0) is 22.3. The van der Waals surface area contributed by atoms with Crippen LogP contribution in [0.15, 0.2) is 85.1 Å². The largest absolute Gasteiger partial charge is 0.493 e. The molecular weight excluding hydrogens is 398 g/mol. The van der Waals surface area contributed by atoms with Crippen molar-refractivity contribution in [2.24, 2.45) is 0 Å². The SMILES string of the molecule is COc1cc(CN[C@H](C)c2cnn(-c3ccccc3)c2C)ccc1OCc1ccccc1. The Morgan fingerprint density at radius 1 is 0.906 bits per heavy atom. The molecule has 0 amide bonds. The highest BCUT2D eigenvalue weighted by atomic mass is 16.5. The van der Waals surface area contributed by atoms with Crippen LogP contribution in [0.3, 0.4) is 0 Å². The fourth-order valence-electron chi connectivity index (χ4n) is 3.73. The van der Waals surface area contributed by atoms with Crippen LogP contribution < -0.4 is 14.8 Å². The van der Waals surface area contributed by atoms with Crippen LogP contribution in [0.2, 0.25) is 0 Å². The molecule has 0 saturated heterocycles. The molecule has 4 aromatic rings. The Balaban J connectivity index is 1.40. The van der Waals surface area contributed by atoms with Crippen LogP contribution in [-0.2, 0) is 13.2 Å². The number of ether oxygens (including phenoxy) is 2. The Morgan fingerprint density at radius 2 is 1.62 bits per heavy atom. The Labute approximate surface area is 189 Å². The molecule has 5 nitrogen and oxygen atoms in total. The molecule has 164 valence electrons. The number of benzene rings is 3. The summed E-state index contributed by atoms with van der Waals surface area (Å²) < 4.78 is 13.5. The number of para-hydroxylation sites is 1. The molecule has 0 bridgehead atoms. The molecule has 1 atom stereocenters. The summed E-state index contributed by atoms with van der Waals surface area (Å²) >= 11 is 0. The molecule has 0 aliphatic carbocycles. The molecule has 0 unspecified atom stereocenters. The van der Waals surface area contributed by atoms with Crippen molar-refractivity contribution in [1.29, 1.82) is 0 Å². The summed E-state index contributed by atoms with van der Waals surface area (Å²) in [5.74, 6) is 1.48. The number of nitrogens with one attached hydrogen (secondary N) is 1. The average Bonchev–Trinajstić information content (AvgIpc) is 3.24. The predicted octanol–water partition coefficient (Wildman–Crippen LogP) is 5.62. The lowest BCUT2D eigenvalue weighted by atomic mass is 10.1. The van der Waals surface area contributed by atoms with Gasteiger partial charge in [0, 0.05) is 23.8 Å². The Kier molecular flexibility index (Phi) is 6.87. The zero-order valence-corrected chi connectivity index (χ0v) is 18.8. The summed E-state index contributed by atoms with van der Waals surface area (Å²) in [6.07, 6.45) is 1.95. The molecule has 0 aliphatic heterocycles. The highest BCUT2D eigenvalue weighted by Crippen LogP contribution is 2.29. The van der Waals surface area contributed by atoms with Crippen molar-refractivity contribution >= 4 is 0 Å². The maximum absolute atomic E-state index is 5.97. The summed E-state index contributed by atoms with van der Waals surface area (Å²) in [7, 11) is 1.67. The van der Waals surface area contributed by atoms with Gasteiger partial charge in [-0.3, -0.25) is 0 Å². The Hall–Kier alpha value is -3.57. The monoisotopic (exact) mass is 427 g/mol. The molecule has 0 fully saturated rings. The Morgan fingerprint density at radius 3 is 2.34 bits per heavy atom. The third-order valence-electron chi connectivity index (χ3n) is 5.59. The van der Waals surface area contributed by atoms with E-state index in [1.165, 1.54) is 5.56 Å². The molecule has 1 aromatic heterocycles. The normalized spacial score (nSPS) is 11.8.